The van der Waals surface area contributed by atoms with E-state index < -0.39 is 5.97 Å². The Hall–Kier alpha value is -2.99. The largest absolute Gasteiger partial charge is 0.481 e. The van der Waals surface area contributed by atoms with Gasteiger partial charge in [-0.2, -0.15) is 0 Å². The van der Waals surface area contributed by atoms with E-state index in [1.807, 2.05) is 12.1 Å². The highest BCUT2D eigenvalue weighted by Crippen LogP contribution is 2.31. The van der Waals surface area contributed by atoms with Crippen molar-refractivity contribution in [1.29, 1.82) is 0 Å². The van der Waals surface area contributed by atoms with Crippen molar-refractivity contribution in [3.05, 3.63) is 78.9 Å². The molecule has 0 amide bonds. The normalized spacial score (nSPS) is 13.2. The maximum Gasteiger partial charge on any atom is 0.304 e. The van der Waals surface area contributed by atoms with Crippen LogP contribution in [0.15, 0.2) is 78.9 Å². The lowest BCUT2D eigenvalue weighted by molar-refractivity contribution is -0.137. The van der Waals surface area contributed by atoms with Crippen LogP contribution in [-0.4, -0.2) is 28.1 Å². The highest BCUT2D eigenvalue weighted by molar-refractivity contribution is 6.10. The van der Waals surface area contributed by atoms with Crippen LogP contribution in [0.5, 0.6) is 0 Å². The van der Waals surface area contributed by atoms with Gasteiger partial charge in [-0.1, -0.05) is 99.5 Å². The Bertz CT molecular complexity index is 1270. The first kappa shape index (κ1) is 31.2. The van der Waals surface area contributed by atoms with Crippen LogP contribution in [0.3, 0.4) is 0 Å². The molecule has 0 fully saturated rings. The third-order valence-electron chi connectivity index (χ3n) is 6.76. The van der Waals surface area contributed by atoms with Crippen molar-refractivity contribution < 1.29 is 9.90 Å². The van der Waals surface area contributed by atoms with E-state index in [-0.39, 0.29) is 30.9 Å². The van der Waals surface area contributed by atoms with Crippen LogP contribution in [0.1, 0.15) is 58.8 Å². The minimum Gasteiger partial charge on any atom is -0.481 e. The zero-order chi connectivity index (χ0) is 26.6. The zero-order valence-corrected chi connectivity index (χ0v) is 23.4. The molecule has 1 heterocycles. The van der Waals surface area contributed by atoms with Gasteiger partial charge in [0.2, 0.25) is 0 Å². The maximum absolute atomic E-state index is 10.5. The Morgan fingerprint density at radius 2 is 1.42 bits per heavy atom. The third-order valence-corrected chi connectivity index (χ3v) is 6.76. The Labute approximate surface area is 233 Å². The van der Waals surface area contributed by atoms with Crippen molar-refractivity contribution in [1.82, 2.24) is 4.98 Å². The summed E-state index contributed by atoms with van der Waals surface area (Å²) in [4.78, 5) is 15.3. The lowest BCUT2D eigenvalue weighted by Gasteiger charge is -2.18. The van der Waals surface area contributed by atoms with Crippen LogP contribution in [0.2, 0.25) is 0 Å². The van der Waals surface area contributed by atoms with E-state index >= 15 is 0 Å². The number of carboxylic acids is 1. The van der Waals surface area contributed by atoms with Crippen LogP contribution in [0, 0.1) is 5.92 Å². The number of fused-ring (bicyclic) bond motifs is 3. The fourth-order valence-corrected chi connectivity index (χ4v) is 4.77. The lowest BCUT2D eigenvalue weighted by Crippen LogP contribution is -2.27. The van der Waals surface area contributed by atoms with E-state index in [4.69, 9.17) is 21.6 Å². The standard InChI is InChI=1S/C19H13N.C13H28N2O2.ClH/c1-2-8-14(9-3-1)19-17-12-5-4-10-15(17)16-11-6-7-13-18(16)20-19;1-3-4-5-11(14)7-6-10(2)8-12(15)9-13(16)17;/h1-13H;10-12H,3-9,14-15H2,1-2H3,(H,16,17);1H. The average molecular weight is 536 g/mol. The molecule has 0 spiro atoms. The van der Waals surface area contributed by atoms with Crippen molar-refractivity contribution in [2.75, 3.05) is 0 Å². The van der Waals surface area contributed by atoms with Crippen LogP contribution in [0.4, 0.5) is 0 Å². The molecule has 3 aromatic carbocycles. The Morgan fingerprint density at radius 1 is 0.816 bits per heavy atom. The van der Waals surface area contributed by atoms with E-state index in [9.17, 15) is 4.79 Å². The topological polar surface area (TPSA) is 102 Å². The summed E-state index contributed by atoms with van der Waals surface area (Å²) in [6, 6.07) is 27.2. The van der Waals surface area contributed by atoms with Gasteiger partial charge in [0.25, 0.3) is 0 Å². The van der Waals surface area contributed by atoms with Gasteiger partial charge in [-0.15, -0.1) is 12.4 Å². The SMILES string of the molecule is CCCCC(N)CCC(C)CC(N)CC(=O)O.Cl.c1ccc(-c2nc3ccccc3c3ccccc23)cc1. The molecule has 1 aromatic heterocycles. The van der Waals surface area contributed by atoms with Crippen molar-refractivity contribution in [2.45, 2.75) is 70.9 Å². The molecule has 0 radical (unpaired) electrons. The number of rotatable bonds is 11. The van der Waals surface area contributed by atoms with E-state index in [1.165, 1.54) is 29.0 Å². The summed E-state index contributed by atoms with van der Waals surface area (Å²) < 4.78 is 0. The number of hydrogen-bond donors (Lipinski definition) is 3. The molecule has 6 heteroatoms. The quantitative estimate of drug-likeness (QED) is 0.172. The molecule has 3 atom stereocenters. The van der Waals surface area contributed by atoms with Gasteiger partial charge in [0.15, 0.2) is 0 Å². The summed E-state index contributed by atoms with van der Waals surface area (Å²) in [5.74, 6) is -0.360. The predicted octanol–water partition coefficient (Wildman–Crippen LogP) is 7.59. The lowest BCUT2D eigenvalue weighted by atomic mass is 9.93. The number of carboxylic acid groups (broad SMARTS) is 1. The second-order valence-corrected chi connectivity index (χ2v) is 10.1. The fourth-order valence-electron chi connectivity index (χ4n) is 4.77. The van der Waals surface area contributed by atoms with E-state index in [0.717, 1.165) is 42.5 Å². The van der Waals surface area contributed by atoms with Gasteiger partial charge in [0, 0.05) is 28.4 Å². The summed E-state index contributed by atoms with van der Waals surface area (Å²) in [7, 11) is 0. The average Bonchev–Trinajstić information content (AvgIpc) is 2.90. The van der Waals surface area contributed by atoms with Gasteiger partial charge in [0.05, 0.1) is 17.6 Å². The van der Waals surface area contributed by atoms with Gasteiger partial charge in [-0.25, -0.2) is 4.98 Å². The number of unbranched alkanes of at least 4 members (excludes halogenated alkanes) is 1. The summed E-state index contributed by atoms with van der Waals surface area (Å²) >= 11 is 0. The van der Waals surface area contributed by atoms with Crippen molar-refractivity contribution >= 4 is 40.1 Å². The Kier molecular flexibility index (Phi) is 13.2. The maximum atomic E-state index is 10.5. The molecule has 0 aliphatic carbocycles. The molecule has 0 aliphatic rings. The predicted molar refractivity (Wildman–Crippen MR) is 163 cm³/mol. The van der Waals surface area contributed by atoms with Crippen LogP contribution in [0.25, 0.3) is 32.9 Å². The summed E-state index contributed by atoms with van der Waals surface area (Å²) in [5, 5.41) is 12.3. The molecule has 4 aromatic rings. The summed E-state index contributed by atoms with van der Waals surface area (Å²) in [6.45, 7) is 4.29. The van der Waals surface area contributed by atoms with Gasteiger partial charge in [0.1, 0.15) is 0 Å². The molecule has 204 valence electrons. The first-order valence-electron chi connectivity index (χ1n) is 13.4. The Morgan fingerprint density at radius 3 is 2.08 bits per heavy atom. The van der Waals surface area contributed by atoms with E-state index in [2.05, 4.69) is 80.6 Å². The number of benzene rings is 3. The minimum absolute atomic E-state index is 0. The van der Waals surface area contributed by atoms with Gasteiger partial charge in [-0.3, -0.25) is 4.79 Å². The number of nitrogens with zero attached hydrogens (tertiary/aromatic N) is 1. The number of aromatic nitrogens is 1. The molecule has 0 saturated carbocycles. The van der Waals surface area contributed by atoms with Gasteiger partial charge < -0.3 is 16.6 Å². The van der Waals surface area contributed by atoms with Crippen LogP contribution >= 0.6 is 12.4 Å². The van der Waals surface area contributed by atoms with E-state index in [0.29, 0.717) is 5.92 Å². The second kappa shape index (κ2) is 16.1. The van der Waals surface area contributed by atoms with Gasteiger partial charge in [-0.05, 0) is 43.1 Å². The van der Waals surface area contributed by atoms with Crippen LogP contribution in [-0.2, 0) is 4.79 Å². The Balaban J connectivity index is 0.000000265. The summed E-state index contributed by atoms with van der Waals surface area (Å²) in [6.07, 6.45) is 6.35. The second-order valence-electron chi connectivity index (χ2n) is 10.1. The molecule has 0 aliphatic heterocycles. The summed E-state index contributed by atoms with van der Waals surface area (Å²) in [5.41, 5.74) is 15.0. The number of carbonyl (C=O) groups is 1. The zero-order valence-electron chi connectivity index (χ0n) is 22.6. The van der Waals surface area contributed by atoms with Gasteiger partial charge >= 0.3 is 5.97 Å². The smallest absolute Gasteiger partial charge is 0.304 e. The highest BCUT2D eigenvalue weighted by Gasteiger charge is 2.14. The van der Waals surface area contributed by atoms with Crippen molar-refractivity contribution in [3.8, 4) is 11.3 Å². The fraction of sp³-hybridized carbons (Fsp3) is 0.375. The number of halogens is 1. The number of nitrogens with two attached hydrogens (primary N) is 2. The minimum atomic E-state index is -0.815. The molecule has 38 heavy (non-hydrogen) atoms. The monoisotopic (exact) mass is 535 g/mol. The number of para-hydroxylation sites is 1. The van der Waals surface area contributed by atoms with Crippen LogP contribution < -0.4 is 11.5 Å². The molecule has 4 rings (SSSR count). The first-order valence-corrected chi connectivity index (χ1v) is 13.4. The van der Waals surface area contributed by atoms with E-state index in [1.54, 1.807) is 0 Å². The third kappa shape index (κ3) is 9.39. The molecule has 3 unspecified atom stereocenters. The number of pyridine rings is 1. The molecule has 0 saturated heterocycles. The van der Waals surface area contributed by atoms with Crippen molar-refractivity contribution in [2.24, 2.45) is 17.4 Å². The number of hydrogen-bond acceptors (Lipinski definition) is 4. The molecular weight excluding hydrogens is 494 g/mol. The molecule has 5 N–H and O–H groups in total. The molecular formula is C32H42ClN3O2. The molecule has 5 nitrogen and oxygen atoms in total. The molecule has 0 bridgehead atoms. The number of aliphatic carboxylic acids is 1. The highest BCUT2D eigenvalue weighted by atomic mass is 35.5. The first-order chi connectivity index (χ1) is 17.9. The van der Waals surface area contributed by atoms with Crippen molar-refractivity contribution in [3.63, 3.8) is 0 Å².